The first-order chi connectivity index (χ1) is 16.2. The molecule has 0 radical (unpaired) electrons. The number of carbonyl (C=O) groups is 2. The Labute approximate surface area is 201 Å². The molecule has 7 nitrogen and oxygen atoms in total. The fourth-order valence-corrected chi connectivity index (χ4v) is 4.05. The van der Waals surface area contributed by atoms with Crippen LogP contribution < -0.4 is 9.47 Å². The number of Topliss-reactive ketones (excluding diaryl/α,β-unsaturated/α-hetero) is 1. The van der Waals surface area contributed by atoms with Crippen LogP contribution in [0.1, 0.15) is 44.4 Å². The van der Waals surface area contributed by atoms with Crippen molar-refractivity contribution in [3.8, 4) is 11.5 Å². The van der Waals surface area contributed by atoms with Crippen LogP contribution in [0, 0.1) is 0 Å². The van der Waals surface area contributed by atoms with Gasteiger partial charge in [-0.15, -0.1) is 0 Å². The summed E-state index contributed by atoms with van der Waals surface area (Å²) >= 11 is 0. The fraction of sp³-hybridized carbons (Fsp3) is 0.407. The predicted molar refractivity (Wildman–Crippen MR) is 132 cm³/mol. The Hall–Kier alpha value is -3.32. The molecular formula is C27H34N2O5. The monoisotopic (exact) mass is 466 g/mol. The molecule has 1 amide bonds. The summed E-state index contributed by atoms with van der Waals surface area (Å²) in [7, 11) is 3.93. The van der Waals surface area contributed by atoms with Gasteiger partial charge >= 0.3 is 0 Å². The van der Waals surface area contributed by atoms with E-state index < -0.39 is 17.7 Å². The summed E-state index contributed by atoms with van der Waals surface area (Å²) in [4.78, 5) is 29.7. The number of hydrogen-bond donors (Lipinski definition) is 1. The standard InChI is InChI=1S/C27H34N2O5/c1-6-33-21-12-8-19(9-13-21)24-23(26(31)27(32)29(24)17-7-16-28(4)5)25(30)20-10-14-22(15-11-20)34-18(2)3/h8-15,18,24,30H,6-7,16-17H2,1-5H3/t24-/m0/s1. The van der Waals surface area contributed by atoms with Gasteiger partial charge in [0.25, 0.3) is 11.7 Å². The Morgan fingerprint density at radius 2 is 1.65 bits per heavy atom. The van der Waals surface area contributed by atoms with E-state index in [1.165, 1.54) is 0 Å². The number of nitrogens with zero attached hydrogens (tertiary/aromatic N) is 2. The molecule has 1 N–H and O–H groups in total. The van der Waals surface area contributed by atoms with E-state index >= 15 is 0 Å². The summed E-state index contributed by atoms with van der Waals surface area (Å²) in [5.74, 6) is -0.0959. The molecule has 34 heavy (non-hydrogen) atoms. The molecule has 7 heteroatoms. The van der Waals surface area contributed by atoms with Crippen molar-refractivity contribution in [2.75, 3.05) is 33.8 Å². The smallest absolute Gasteiger partial charge is 0.295 e. The Morgan fingerprint density at radius 3 is 2.21 bits per heavy atom. The van der Waals surface area contributed by atoms with Crippen molar-refractivity contribution in [3.05, 3.63) is 65.2 Å². The van der Waals surface area contributed by atoms with Crippen molar-refractivity contribution in [2.45, 2.75) is 39.3 Å². The molecule has 3 rings (SSSR count). The number of likely N-dealkylation sites (tertiary alicyclic amines) is 1. The van der Waals surface area contributed by atoms with E-state index in [2.05, 4.69) is 0 Å². The molecule has 182 valence electrons. The molecule has 1 aliphatic rings. The van der Waals surface area contributed by atoms with Crippen LogP contribution in [0.2, 0.25) is 0 Å². The zero-order chi connectivity index (χ0) is 24.8. The molecular weight excluding hydrogens is 432 g/mol. The number of carbonyl (C=O) groups excluding carboxylic acids is 2. The molecule has 0 aromatic heterocycles. The number of aliphatic hydroxyl groups is 1. The number of benzene rings is 2. The second kappa shape index (κ2) is 11.2. The minimum absolute atomic E-state index is 0.0200. The Morgan fingerprint density at radius 1 is 1.03 bits per heavy atom. The average molecular weight is 467 g/mol. The number of rotatable bonds is 10. The van der Waals surface area contributed by atoms with Gasteiger partial charge in [-0.2, -0.15) is 0 Å². The molecule has 0 bridgehead atoms. The highest BCUT2D eigenvalue weighted by Crippen LogP contribution is 2.40. The van der Waals surface area contributed by atoms with Gasteiger partial charge in [0, 0.05) is 12.1 Å². The van der Waals surface area contributed by atoms with Crippen molar-refractivity contribution in [1.82, 2.24) is 9.80 Å². The number of ketones is 1. The molecule has 0 aliphatic carbocycles. The van der Waals surface area contributed by atoms with E-state index in [1.54, 1.807) is 29.2 Å². The maximum atomic E-state index is 13.1. The summed E-state index contributed by atoms with van der Waals surface area (Å²) in [6.07, 6.45) is 0.723. The first-order valence-electron chi connectivity index (χ1n) is 11.7. The van der Waals surface area contributed by atoms with Gasteiger partial charge in [-0.1, -0.05) is 12.1 Å². The number of amides is 1. The number of hydrogen-bond acceptors (Lipinski definition) is 6. The lowest BCUT2D eigenvalue weighted by molar-refractivity contribution is -0.139. The van der Waals surface area contributed by atoms with Crippen molar-refractivity contribution >= 4 is 17.4 Å². The lowest BCUT2D eigenvalue weighted by atomic mass is 9.95. The third-order valence-electron chi connectivity index (χ3n) is 5.55. The Bertz CT molecular complexity index is 1030. The van der Waals surface area contributed by atoms with Gasteiger partial charge in [-0.05, 0) is 89.8 Å². The maximum Gasteiger partial charge on any atom is 0.295 e. The molecule has 2 aromatic carbocycles. The number of aliphatic hydroxyl groups excluding tert-OH is 1. The molecule has 2 aromatic rings. The van der Waals surface area contributed by atoms with Crippen LogP contribution >= 0.6 is 0 Å². The van der Waals surface area contributed by atoms with Crippen LogP contribution in [-0.4, -0.2) is 66.5 Å². The van der Waals surface area contributed by atoms with E-state index in [0.29, 0.717) is 36.6 Å². The van der Waals surface area contributed by atoms with E-state index in [0.717, 1.165) is 12.1 Å². The van der Waals surface area contributed by atoms with E-state index in [9.17, 15) is 14.7 Å². The Kier molecular flexibility index (Phi) is 8.34. The zero-order valence-electron chi connectivity index (χ0n) is 20.6. The Balaban J connectivity index is 2.02. The first-order valence-corrected chi connectivity index (χ1v) is 11.7. The molecule has 1 heterocycles. The second-order valence-electron chi connectivity index (χ2n) is 8.84. The summed E-state index contributed by atoms with van der Waals surface area (Å²) < 4.78 is 11.2. The van der Waals surface area contributed by atoms with E-state index in [1.807, 2.05) is 64.0 Å². The maximum absolute atomic E-state index is 13.1. The summed E-state index contributed by atoms with van der Waals surface area (Å²) in [6, 6.07) is 13.5. The minimum atomic E-state index is -0.677. The second-order valence-corrected chi connectivity index (χ2v) is 8.84. The lowest BCUT2D eigenvalue weighted by Crippen LogP contribution is -2.32. The van der Waals surface area contributed by atoms with Crippen LogP contribution in [0.4, 0.5) is 0 Å². The highest BCUT2D eigenvalue weighted by atomic mass is 16.5. The van der Waals surface area contributed by atoms with Gasteiger partial charge in [0.1, 0.15) is 17.3 Å². The minimum Gasteiger partial charge on any atom is -0.507 e. The lowest BCUT2D eigenvalue weighted by Gasteiger charge is -2.26. The number of ether oxygens (including phenoxy) is 2. The largest absolute Gasteiger partial charge is 0.507 e. The predicted octanol–water partition coefficient (Wildman–Crippen LogP) is 4.25. The van der Waals surface area contributed by atoms with Crippen LogP contribution in [0.3, 0.4) is 0 Å². The molecule has 1 saturated heterocycles. The van der Waals surface area contributed by atoms with Gasteiger partial charge in [0.2, 0.25) is 0 Å². The van der Waals surface area contributed by atoms with Crippen LogP contribution in [0.15, 0.2) is 54.1 Å². The fourth-order valence-electron chi connectivity index (χ4n) is 4.05. The summed E-state index contributed by atoms with van der Waals surface area (Å²) in [6.45, 7) is 7.49. The van der Waals surface area contributed by atoms with Gasteiger partial charge in [-0.3, -0.25) is 9.59 Å². The van der Waals surface area contributed by atoms with Crippen LogP contribution in [0.5, 0.6) is 11.5 Å². The van der Waals surface area contributed by atoms with Crippen molar-refractivity contribution in [2.24, 2.45) is 0 Å². The molecule has 1 fully saturated rings. The average Bonchev–Trinajstić information content (AvgIpc) is 3.04. The first kappa shape index (κ1) is 25.3. The van der Waals surface area contributed by atoms with Gasteiger partial charge < -0.3 is 24.4 Å². The van der Waals surface area contributed by atoms with Crippen molar-refractivity contribution in [3.63, 3.8) is 0 Å². The van der Waals surface area contributed by atoms with Crippen molar-refractivity contribution in [1.29, 1.82) is 0 Å². The third kappa shape index (κ3) is 5.78. The van der Waals surface area contributed by atoms with Crippen molar-refractivity contribution < 1.29 is 24.2 Å². The quantitative estimate of drug-likeness (QED) is 0.320. The summed E-state index contributed by atoms with van der Waals surface area (Å²) in [5, 5.41) is 11.2. The topological polar surface area (TPSA) is 79.3 Å². The van der Waals surface area contributed by atoms with E-state index in [4.69, 9.17) is 9.47 Å². The normalized spacial score (nSPS) is 17.6. The van der Waals surface area contributed by atoms with E-state index in [-0.39, 0.29) is 17.4 Å². The highest BCUT2D eigenvalue weighted by Gasteiger charge is 2.45. The SMILES string of the molecule is CCOc1ccc([C@H]2C(=C(O)c3ccc(OC(C)C)cc3)C(=O)C(=O)N2CCCN(C)C)cc1. The van der Waals surface area contributed by atoms with Crippen LogP contribution in [0.25, 0.3) is 5.76 Å². The van der Waals surface area contributed by atoms with Gasteiger partial charge in [0.15, 0.2) is 0 Å². The highest BCUT2D eigenvalue weighted by molar-refractivity contribution is 6.46. The third-order valence-corrected chi connectivity index (χ3v) is 5.55. The van der Waals surface area contributed by atoms with Gasteiger partial charge in [0.05, 0.1) is 24.3 Å². The molecule has 0 spiro atoms. The van der Waals surface area contributed by atoms with Crippen LogP contribution in [-0.2, 0) is 9.59 Å². The summed E-state index contributed by atoms with van der Waals surface area (Å²) in [5.41, 5.74) is 1.30. The molecule has 1 aliphatic heterocycles. The van der Waals surface area contributed by atoms with Gasteiger partial charge in [-0.25, -0.2) is 0 Å². The zero-order valence-corrected chi connectivity index (χ0v) is 20.6. The molecule has 1 atom stereocenters. The molecule has 0 unspecified atom stereocenters. The molecule has 0 saturated carbocycles.